The summed E-state index contributed by atoms with van der Waals surface area (Å²) in [6, 6.07) is 0.0900. The minimum atomic E-state index is 0.0900. The van der Waals surface area contributed by atoms with E-state index in [-0.39, 0.29) is 17.9 Å². The largest absolute Gasteiger partial charge is 0.395 e. The summed E-state index contributed by atoms with van der Waals surface area (Å²) in [5.74, 6) is 1.46. The first-order chi connectivity index (χ1) is 6.49. The van der Waals surface area contributed by atoms with E-state index in [0.717, 1.165) is 12.3 Å². The fourth-order valence-corrected chi connectivity index (χ4v) is 2.52. The molecule has 0 spiro atoms. The Kier molecular flexibility index (Phi) is 7.64. The van der Waals surface area contributed by atoms with E-state index in [1.807, 2.05) is 0 Å². The van der Waals surface area contributed by atoms with Crippen molar-refractivity contribution in [3.05, 3.63) is 0 Å². The molecule has 0 heterocycles. The molecule has 0 saturated heterocycles. The maximum Gasteiger partial charge on any atom is 0.0565 e. The third-order valence-corrected chi connectivity index (χ3v) is 3.56. The van der Waals surface area contributed by atoms with Crippen molar-refractivity contribution in [1.82, 2.24) is 4.90 Å². The highest BCUT2D eigenvalue weighted by atomic mass is 32.2. The van der Waals surface area contributed by atoms with Gasteiger partial charge in [-0.25, -0.2) is 0 Å². The number of rotatable bonds is 7. The number of nitrogens with two attached hydrogens (primary N) is 1. The van der Waals surface area contributed by atoms with Crippen molar-refractivity contribution in [2.75, 3.05) is 33.0 Å². The molecule has 14 heavy (non-hydrogen) atoms. The van der Waals surface area contributed by atoms with Crippen molar-refractivity contribution in [1.29, 1.82) is 0 Å². The molecule has 0 aromatic heterocycles. The molecule has 0 aromatic carbocycles. The van der Waals surface area contributed by atoms with Crippen LogP contribution >= 0.6 is 11.8 Å². The van der Waals surface area contributed by atoms with Gasteiger partial charge in [-0.15, -0.1) is 0 Å². The number of hydrogen-bond acceptors (Lipinski definition) is 4. The second-order valence-corrected chi connectivity index (χ2v) is 5.56. The molecule has 0 amide bonds. The third kappa shape index (κ3) is 5.86. The van der Waals surface area contributed by atoms with E-state index >= 15 is 0 Å². The van der Waals surface area contributed by atoms with Crippen LogP contribution in [-0.2, 0) is 0 Å². The van der Waals surface area contributed by atoms with Crippen molar-refractivity contribution in [3.8, 4) is 0 Å². The van der Waals surface area contributed by atoms with Crippen LogP contribution in [0.5, 0.6) is 0 Å². The molecule has 2 atom stereocenters. The van der Waals surface area contributed by atoms with Crippen LogP contribution in [0.2, 0.25) is 0 Å². The number of hydrogen-bond donors (Lipinski definition) is 2. The maximum absolute atomic E-state index is 9.20. The van der Waals surface area contributed by atoms with Gasteiger partial charge in [0, 0.05) is 23.6 Å². The van der Waals surface area contributed by atoms with Crippen LogP contribution in [0.15, 0.2) is 0 Å². The lowest BCUT2D eigenvalue weighted by molar-refractivity contribution is 0.269. The first-order valence-corrected chi connectivity index (χ1v) is 6.16. The molecule has 0 aromatic rings. The van der Waals surface area contributed by atoms with Gasteiger partial charge < -0.3 is 15.7 Å². The highest BCUT2D eigenvalue weighted by molar-refractivity contribution is 8.00. The van der Waals surface area contributed by atoms with Crippen molar-refractivity contribution in [2.45, 2.75) is 25.1 Å². The standard InChI is InChI=1S/C10H24N2OS/c1-8(2)10(11)9(7-13)14-6-5-12(3)4/h8-10,13H,5-7,11H2,1-4H3. The average Bonchev–Trinajstić information content (AvgIpc) is 2.10. The van der Waals surface area contributed by atoms with E-state index in [4.69, 9.17) is 5.73 Å². The summed E-state index contributed by atoms with van der Waals surface area (Å²) in [7, 11) is 4.10. The fourth-order valence-electron chi connectivity index (χ4n) is 1.10. The molecule has 0 rings (SSSR count). The Morgan fingerprint density at radius 1 is 1.36 bits per heavy atom. The summed E-state index contributed by atoms with van der Waals surface area (Å²) in [6.45, 7) is 5.41. The van der Waals surface area contributed by atoms with Crippen molar-refractivity contribution >= 4 is 11.8 Å². The lowest BCUT2D eigenvalue weighted by atomic mass is 10.0. The number of aliphatic hydroxyl groups excluding tert-OH is 1. The summed E-state index contributed by atoms with van der Waals surface area (Å²) >= 11 is 1.77. The first kappa shape index (κ1) is 14.2. The van der Waals surface area contributed by atoms with Crippen LogP contribution in [0.1, 0.15) is 13.8 Å². The monoisotopic (exact) mass is 220 g/mol. The Morgan fingerprint density at radius 3 is 2.29 bits per heavy atom. The van der Waals surface area contributed by atoms with E-state index in [1.54, 1.807) is 11.8 Å². The Bertz CT molecular complexity index is 142. The van der Waals surface area contributed by atoms with Gasteiger partial charge in [0.05, 0.1) is 6.61 Å². The first-order valence-electron chi connectivity index (χ1n) is 5.11. The number of aliphatic hydroxyl groups is 1. The van der Waals surface area contributed by atoms with Crippen LogP contribution in [0.3, 0.4) is 0 Å². The Balaban J connectivity index is 3.79. The average molecular weight is 220 g/mol. The van der Waals surface area contributed by atoms with E-state index in [9.17, 15) is 5.11 Å². The molecule has 0 fully saturated rings. The number of thioether (sulfide) groups is 1. The zero-order valence-corrected chi connectivity index (χ0v) is 10.5. The number of nitrogens with zero attached hydrogens (tertiary/aromatic N) is 1. The third-order valence-electron chi connectivity index (χ3n) is 2.25. The van der Waals surface area contributed by atoms with Gasteiger partial charge in [-0.3, -0.25) is 0 Å². The Labute approximate surface area is 92.0 Å². The molecule has 3 nitrogen and oxygen atoms in total. The van der Waals surface area contributed by atoms with Gasteiger partial charge in [0.15, 0.2) is 0 Å². The van der Waals surface area contributed by atoms with Gasteiger partial charge in [0.2, 0.25) is 0 Å². The topological polar surface area (TPSA) is 49.5 Å². The molecule has 0 aliphatic carbocycles. The Morgan fingerprint density at radius 2 is 1.93 bits per heavy atom. The highest BCUT2D eigenvalue weighted by Crippen LogP contribution is 2.17. The summed E-state index contributed by atoms with van der Waals surface area (Å²) in [4.78, 5) is 2.14. The zero-order chi connectivity index (χ0) is 11.1. The van der Waals surface area contributed by atoms with Crippen LogP contribution in [0.4, 0.5) is 0 Å². The molecule has 86 valence electrons. The Hall–Kier alpha value is 0.230. The maximum atomic E-state index is 9.20. The SMILES string of the molecule is CC(C)C(N)C(CO)SCCN(C)C. The van der Waals surface area contributed by atoms with Gasteiger partial charge in [-0.2, -0.15) is 11.8 Å². The van der Waals surface area contributed by atoms with Crippen LogP contribution in [0, 0.1) is 5.92 Å². The summed E-state index contributed by atoms with van der Waals surface area (Å²) in [5.41, 5.74) is 5.99. The summed E-state index contributed by atoms with van der Waals surface area (Å²) < 4.78 is 0. The van der Waals surface area contributed by atoms with Gasteiger partial charge in [-0.05, 0) is 20.0 Å². The minimum Gasteiger partial charge on any atom is -0.395 e. The quantitative estimate of drug-likeness (QED) is 0.660. The van der Waals surface area contributed by atoms with Crippen molar-refractivity contribution < 1.29 is 5.11 Å². The predicted octanol–water partition coefficient (Wildman–Crippen LogP) is 0.625. The second-order valence-electron chi connectivity index (χ2n) is 4.22. The zero-order valence-electron chi connectivity index (χ0n) is 9.73. The molecule has 3 N–H and O–H groups in total. The van der Waals surface area contributed by atoms with Gasteiger partial charge >= 0.3 is 0 Å². The van der Waals surface area contributed by atoms with Crippen LogP contribution in [0.25, 0.3) is 0 Å². The molecular formula is C10H24N2OS. The molecule has 0 aliphatic heterocycles. The summed E-state index contributed by atoms with van der Waals surface area (Å²) in [6.07, 6.45) is 0. The van der Waals surface area contributed by atoms with Crippen molar-refractivity contribution in [2.24, 2.45) is 11.7 Å². The normalized spacial score (nSPS) is 16.3. The molecular weight excluding hydrogens is 196 g/mol. The molecule has 4 heteroatoms. The lowest BCUT2D eigenvalue weighted by Gasteiger charge is -2.25. The molecule has 0 bridgehead atoms. The van der Waals surface area contributed by atoms with Gasteiger partial charge in [0.1, 0.15) is 0 Å². The van der Waals surface area contributed by atoms with E-state index in [0.29, 0.717) is 5.92 Å². The van der Waals surface area contributed by atoms with Crippen LogP contribution < -0.4 is 5.73 Å². The fraction of sp³-hybridized carbons (Fsp3) is 1.00. The smallest absolute Gasteiger partial charge is 0.0565 e. The molecule has 2 unspecified atom stereocenters. The molecule has 0 saturated carbocycles. The molecule has 0 aliphatic rings. The lowest BCUT2D eigenvalue weighted by Crippen LogP contribution is -2.40. The molecule has 0 radical (unpaired) electrons. The van der Waals surface area contributed by atoms with Gasteiger partial charge in [-0.1, -0.05) is 13.8 Å². The summed E-state index contributed by atoms with van der Waals surface area (Å²) in [5, 5.41) is 9.37. The van der Waals surface area contributed by atoms with Crippen molar-refractivity contribution in [3.63, 3.8) is 0 Å². The van der Waals surface area contributed by atoms with E-state index in [2.05, 4.69) is 32.8 Å². The second kappa shape index (κ2) is 7.51. The minimum absolute atomic E-state index is 0.0900. The van der Waals surface area contributed by atoms with E-state index in [1.165, 1.54) is 0 Å². The van der Waals surface area contributed by atoms with E-state index < -0.39 is 0 Å². The predicted molar refractivity (Wildman–Crippen MR) is 64.7 cm³/mol. The highest BCUT2D eigenvalue weighted by Gasteiger charge is 2.20. The van der Waals surface area contributed by atoms with Gasteiger partial charge in [0.25, 0.3) is 0 Å². The van der Waals surface area contributed by atoms with Crippen LogP contribution in [-0.4, -0.2) is 54.3 Å².